The van der Waals surface area contributed by atoms with Gasteiger partial charge in [0.15, 0.2) is 11.5 Å². The van der Waals surface area contributed by atoms with Crippen LogP contribution in [-0.2, 0) is 6.54 Å². The molecule has 3 heterocycles. The lowest BCUT2D eigenvalue weighted by molar-refractivity contribution is 0.0827. The van der Waals surface area contributed by atoms with E-state index in [1.165, 1.54) is 11.1 Å². The number of aliphatic hydroxyl groups is 1. The molecule has 0 saturated carbocycles. The quantitative estimate of drug-likeness (QED) is 0.566. The first-order valence-corrected chi connectivity index (χ1v) is 12.5. The molecule has 0 spiro atoms. The number of hydrogen-bond donors (Lipinski definition) is 2. The molecule has 3 atom stereocenters. The van der Waals surface area contributed by atoms with Crippen LogP contribution >= 0.6 is 0 Å². The van der Waals surface area contributed by atoms with Gasteiger partial charge in [0, 0.05) is 43.9 Å². The van der Waals surface area contributed by atoms with E-state index in [4.69, 9.17) is 9.47 Å². The zero-order valence-corrected chi connectivity index (χ0v) is 20.6. The molecule has 1 saturated heterocycles. The molecule has 6 rings (SSSR count). The molecule has 0 bridgehead atoms. The number of amides is 1. The molecule has 1 amide bonds. The van der Waals surface area contributed by atoms with Gasteiger partial charge in [-0.05, 0) is 71.6 Å². The second kappa shape index (κ2) is 9.15. The summed E-state index contributed by atoms with van der Waals surface area (Å²) >= 11 is 0. The summed E-state index contributed by atoms with van der Waals surface area (Å²) in [6.07, 6.45) is 1.03. The molecule has 3 aliphatic rings. The number of nitrogens with zero attached hydrogens (tertiary/aromatic N) is 2. The highest BCUT2D eigenvalue weighted by Crippen LogP contribution is 2.48. The summed E-state index contributed by atoms with van der Waals surface area (Å²) in [4.78, 5) is 16.4. The summed E-state index contributed by atoms with van der Waals surface area (Å²) in [5.74, 6) is 1.93. The van der Waals surface area contributed by atoms with Gasteiger partial charge in [0.2, 0.25) is 6.79 Å². The third-order valence-electron chi connectivity index (χ3n) is 7.67. The van der Waals surface area contributed by atoms with Crippen molar-refractivity contribution in [3.8, 4) is 22.6 Å². The van der Waals surface area contributed by atoms with E-state index in [1.807, 2.05) is 30.3 Å². The van der Waals surface area contributed by atoms with E-state index in [2.05, 4.69) is 40.5 Å². The monoisotopic (exact) mass is 485 g/mol. The van der Waals surface area contributed by atoms with Crippen molar-refractivity contribution in [3.05, 3.63) is 77.4 Å². The molecule has 186 valence electrons. The van der Waals surface area contributed by atoms with E-state index in [9.17, 15) is 9.90 Å². The van der Waals surface area contributed by atoms with E-state index >= 15 is 0 Å². The van der Waals surface area contributed by atoms with Crippen LogP contribution in [0.5, 0.6) is 11.5 Å². The Morgan fingerprint density at radius 1 is 1.03 bits per heavy atom. The molecular weight excluding hydrogens is 454 g/mol. The Kier molecular flexibility index (Phi) is 5.82. The van der Waals surface area contributed by atoms with Crippen molar-refractivity contribution in [2.24, 2.45) is 5.92 Å². The number of carbonyl (C=O) groups excluding carboxylic acids is 1. The first-order chi connectivity index (χ1) is 17.5. The maximum absolute atomic E-state index is 12.3. The lowest BCUT2D eigenvalue weighted by atomic mass is 9.82. The molecular formula is C29H31N3O4. The molecule has 0 aromatic heterocycles. The van der Waals surface area contributed by atoms with E-state index in [0.717, 1.165) is 47.8 Å². The van der Waals surface area contributed by atoms with Crippen LogP contribution in [0.2, 0.25) is 0 Å². The van der Waals surface area contributed by atoms with Crippen molar-refractivity contribution < 1.29 is 19.4 Å². The van der Waals surface area contributed by atoms with Gasteiger partial charge in [-0.15, -0.1) is 0 Å². The first kappa shape index (κ1) is 22.9. The molecule has 3 aromatic rings. The molecule has 1 fully saturated rings. The van der Waals surface area contributed by atoms with Crippen LogP contribution in [0.1, 0.15) is 33.9 Å². The maximum Gasteiger partial charge on any atom is 0.253 e. The zero-order chi connectivity index (χ0) is 24.8. The summed E-state index contributed by atoms with van der Waals surface area (Å²) in [7, 11) is 3.53. The van der Waals surface area contributed by atoms with Crippen LogP contribution in [0.25, 0.3) is 11.1 Å². The number of benzene rings is 3. The molecule has 0 aliphatic carbocycles. The summed E-state index contributed by atoms with van der Waals surface area (Å²) in [5.41, 5.74) is 6.41. The average molecular weight is 486 g/mol. The van der Waals surface area contributed by atoms with Crippen LogP contribution in [0.4, 0.5) is 5.69 Å². The lowest BCUT2D eigenvalue weighted by Crippen LogP contribution is -2.41. The number of fused-ring (bicyclic) bond motifs is 4. The molecule has 3 aromatic carbocycles. The summed E-state index contributed by atoms with van der Waals surface area (Å²) < 4.78 is 11.1. The number of anilines is 1. The van der Waals surface area contributed by atoms with E-state index in [1.54, 1.807) is 19.0 Å². The number of carbonyl (C=O) groups is 1. The predicted octanol–water partition coefficient (Wildman–Crippen LogP) is 4.13. The summed E-state index contributed by atoms with van der Waals surface area (Å²) in [5, 5.41) is 13.7. The number of likely N-dealkylation sites (tertiary alicyclic amines) is 1. The highest BCUT2D eigenvalue weighted by molar-refractivity contribution is 5.94. The third-order valence-corrected chi connectivity index (χ3v) is 7.67. The van der Waals surface area contributed by atoms with Gasteiger partial charge in [-0.2, -0.15) is 0 Å². The fraction of sp³-hybridized carbons (Fsp3) is 0.345. The number of nitrogens with one attached hydrogen (secondary N) is 1. The predicted molar refractivity (Wildman–Crippen MR) is 138 cm³/mol. The van der Waals surface area contributed by atoms with Crippen molar-refractivity contribution in [3.63, 3.8) is 0 Å². The van der Waals surface area contributed by atoms with Gasteiger partial charge < -0.3 is 24.8 Å². The van der Waals surface area contributed by atoms with Gasteiger partial charge in [0.25, 0.3) is 5.91 Å². The fourth-order valence-electron chi connectivity index (χ4n) is 5.85. The molecule has 7 nitrogen and oxygen atoms in total. The molecule has 36 heavy (non-hydrogen) atoms. The maximum atomic E-state index is 12.3. The van der Waals surface area contributed by atoms with E-state index < -0.39 is 0 Å². The summed E-state index contributed by atoms with van der Waals surface area (Å²) in [6.45, 7) is 2.16. The zero-order valence-electron chi connectivity index (χ0n) is 20.6. The highest BCUT2D eigenvalue weighted by atomic mass is 16.7. The van der Waals surface area contributed by atoms with Gasteiger partial charge in [-0.3, -0.25) is 9.69 Å². The Morgan fingerprint density at radius 3 is 2.58 bits per heavy atom. The minimum absolute atomic E-state index is 0.000747. The minimum Gasteiger partial charge on any atom is -0.454 e. The van der Waals surface area contributed by atoms with Crippen molar-refractivity contribution >= 4 is 11.6 Å². The van der Waals surface area contributed by atoms with Crippen LogP contribution in [-0.4, -0.2) is 60.9 Å². The fourth-order valence-corrected chi connectivity index (χ4v) is 5.85. The Labute approximate surface area is 211 Å². The van der Waals surface area contributed by atoms with Crippen molar-refractivity contribution in [1.29, 1.82) is 0 Å². The van der Waals surface area contributed by atoms with Crippen LogP contribution in [0.3, 0.4) is 0 Å². The number of hydrogen-bond acceptors (Lipinski definition) is 6. The SMILES string of the molecule is CN(C)C(=O)c1ccc(-c2ccc3c(c2)[C@@H]2[C@@H](CCN2Cc2ccc4c(c2)OCO4)[C@H](CO)N3)cc1. The minimum atomic E-state index is -0.000747. The van der Waals surface area contributed by atoms with Crippen LogP contribution in [0.15, 0.2) is 60.7 Å². The molecule has 7 heteroatoms. The number of aliphatic hydroxyl groups excluding tert-OH is 1. The van der Waals surface area contributed by atoms with Gasteiger partial charge in [-0.25, -0.2) is 0 Å². The average Bonchev–Trinajstić information content (AvgIpc) is 3.55. The molecule has 0 radical (unpaired) electrons. The first-order valence-electron chi connectivity index (χ1n) is 12.5. The van der Waals surface area contributed by atoms with E-state index in [0.29, 0.717) is 11.5 Å². The smallest absolute Gasteiger partial charge is 0.253 e. The standard InChI is InChI=1S/C29H31N3O4/c1-31(2)29(34)20-6-4-19(5-7-20)21-8-9-24-23(14-21)28-22(25(16-33)30-24)11-12-32(28)15-18-3-10-26-27(13-18)36-17-35-26/h3-10,13-14,22,25,28,30,33H,11-12,15-17H2,1-2H3/t22-,25-,28-/m0/s1. The Hall–Kier alpha value is -3.55. The van der Waals surface area contributed by atoms with Gasteiger partial charge >= 0.3 is 0 Å². The lowest BCUT2D eigenvalue weighted by Gasteiger charge is -2.39. The van der Waals surface area contributed by atoms with Crippen molar-refractivity contribution in [2.75, 3.05) is 39.4 Å². The van der Waals surface area contributed by atoms with Crippen LogP contribution < -0.4 is 14.8 Å². The van der Waals surface area contributed by atoms with Gasteiger partial charge in [0.05, 0.1) is 12.6 Å². The largest absolute Gasteiger partial charge is 0.454 e. The van der Waals surface area contributed by atoms with Crippen molar-refractivity contribution in [2.45, 2.75) is 25.0 Å². The van der Waals surface area contributed by atoms with Crippen molar-refractivity contribution in [1.82, 2.24) is 9.80 Å². The summed E-state index contributed by atoms with van der Waals surface area (Å²) in [6, 6.07) is 20.7. The molecule has 0 unspecified atom stereocenters. The number of ether oxygens (including phenoxy) is 2. The Morgan fingerprint density at radius 2 is 1.81 bits per heavy atom. The second-order valence-electron chi connectivity index (χ2n) is 10.1. The molecule has 2 N–H and O–H groups in total. The molecule has 3 aliphatic heterocycles. The topological polar surface area (TPSA) is 74.3 Å². The normalized spacial score (nSPS) is 22.0. The van der Waals surface area contributed by atoms with Gasteiger partial charge in [-0.1, -0.05) is 24.3 Å². The van der Waals surface area contributed by atoms with Crippen LogP contribution in [0, 0.1) is 5.92 Å². The Bertz CT molecular complexity index is 1290. The third kappa shape index (κ3) is 3.98. The van der Waals surface area contributed by atoms with E-state index in [-0.39, 0.29) is 31.4 Å². The Balaban J connectivity index is 1.32. The second-order valence-corrected chi connectivity index (χ2v) is 10.1. The van der Waals surface area contributed by atoms with Gasteiger partial charge in [0.1, 0.15) is 0 Å². The highest BCUT2D eigenvalue weighted by Gasteiger charge is 2.43. The number of rotatable bonds is 5.